The minimum absolute atomic E-state index is 0.371. The van der Waals surface area contributed by atoms with Crippen molar-refractivity contribution in [1.29, 1.82) is 0 Å². The van der Waals surface area contributed by atoms with Crippen LogP contribution in [0, 0.1) is 5.92 Å². The van der Waals surface area contributed by atoms with Crippen LogP contribution in [0.1, 0.15) is 38.5 Å². The fourth-order valence-corrected chi connectivity index (χ4v) is 3.44. The largest absolute Gasteiger partial charge is 0.389 e. The molecule has 4 heteroatoms. The molecule has 0 amide bonds. The van der Waals surface area contributed by atoms with Gasteiger partial charge in [0.15, 0.2) is 0 Å². The Morgan fingerprint density at radius 1 is 1.26 bits per heavy atom. The highest BCUT2D eigenvalue weighted by Crippen LogP contribution is 2.31. The van der Waals surface area contributed by atoms with E-state index in [0.717, 1.165) is 58.1 Å². The molecule has 0 bridgehead atoms. The van der Waals surface area contributed by atoms with Crippen molar-refractivity contribution in [2.45, 2.75) is 44.1 Å². The number of aliphatic hydroxyl groups is 1. The Morgan fingerprint density at radius 3 is 2.58 bits per heavy atom. The third-order valence-electron chi connectivity index (χ3n) is 4.68. The highest BCUT2D eigenvalue weighted by Gasteiger charge is 2.34. The van der Waals surface area contributed by atoms with E-state index < -0.39 is 0 Å². The van der Waals surface area contributed by atoms with E-state index in [0.29, 0.717) is 0 Å². The summed E-state index contributed by atoms with van der Waals surface area (Å²) < 4.78 is 5.04. The number of β-amino-alcohol motifs (C(OH)–C–C–N with tert-alkyl or cyclic N) is 1. The van der Waals surface area contributed by atoms with E-state index in [4.69, 9.17) is 4.74 Å². The maximum atomic E-state index is 10.4. The summed E-state index contributed by atoms with van der Waals surface area (Å²) in [6.45, 7) is 6.07. The molecule has 1 aliphatic heterocycles. The predicted molar refractivity (Wildman–Crippen MR) is 77.3 cm³/mol. The Labute approximate surface area is 117 Å². The maximum absolute atomic E-state index is 10.4. The van der Waals surface area contributed by atoms with E-state index in [9.17, 15) is 5.11 Å². The molecule has 1 heterocycles. The number of nitrogens with one attached hydrogen (secondary N) is 1. The quantitative estimate of drug-likeness (QED) is 0.683. The van der Waals surface area contributed by atoms with Crippen molar-refractivity contribution in [3.8, 4) is 0 Å². The summed E-state index contributed by atoms with van der Waals surface area (Å²) in [5.74, 6) is 0.798. The number of hydrogen-bond acceptors (Lipinski definition) is 4. The van der Waals surface area contributed by atoms with Gasteiger partial charge in [0.05, 0.1) is 12.2 Å². The number of methoxy groups -OCH3 is 1. The van der Waals surface area contributed by atoms with E-state index in [1.807, 2.05) is 0 Å². The molecule has 2 fully saturated rings. The van der Waals surface area contributed by atoms with Crippen molar-refractivity contribution in [1.82, 2.24) is 10.2 Å². The van der Waals surface area contributed by atoms with E-state index in [1.165, 1.54) is 25.7 Å². The van der Waals surface area contributed by atoms with Gasteiger partial charge in [0.1, 0.15) is 0 Å². The lowest BCUT2D eigenvalue weighted by molar-refractivity contribution is 0.000180. The van der Waals surface area contributed by atoms with Gasteiger partial charge in [0, 0.05) is 20.2 Å². The zero-order valence-electron chi connectivity index (χ0n) is 12.4. The van der Waals surface area contributed by atoms with Gasteiger partial charge in [-0.05, 0) is 51.2 Å². The second kappa shape index (κ2) is 7.58. The Balaban J connectivity index is 1.59. The molecule has 0 aromatic heterocycles. The summed E-state index contributed by atoms with van der Waals surface area (Å²) in [6.07, 6.45) is 6.94. The molecule has 4 nitrogen and oxygen atoms in total. The summed E-state index contributed by atoms with van der Waals surface area (Å²) in [6, 6.07) is 0. The smallest absolute Gasteiger partial charge is 0.0774 e. The molecule has 2 N–H and O–H groups in total. The lowest BCUT2D eigenvalue weighted by Gasteiger charge is -2.36. The first kappa shape index (κ1) is 15.2. The minimum atomic E-state index is -0.371. The normalized spacial score (nSPS) is 24.9. The zero-order chi connectivity index (χ0) is 13.6. The molecule has 2 rings (SSSR count). The van der Waals surface area contributed by atoms with E-state index in [-0.39, 0.29) is 5.60 Å². The first-order valence-electron chi connectivity index (χ1n) is 7.86. The lowest BCUT2D eigenvalue weighted by atomic mass is 9.94. The standard InChI is InChI=1S/C15H30N2O2/c1-19-11-8-16-12-14-4-9-17(10-5-14)13-15(18)6-2-3-7-15/h14,16,18H,2-13H2,1H3. The molecule has 0 unspecified atom stereocenters. The van der Waals surface area contributed by atoms with Gasteiger partial charge >= 0.3 is 0 Å². The molecule has 112 valence electrons. The zero-order valence-corrected chi connectivity index (χ0v) is 12.4. The first-order valence-corrected chi connectivity index (χ1v) is 7.86. The first-order chi connectivity index (χ1) is 9.22. The van der Waals surface area contributed by atoms with Crippen LogP contribution in [0.4, 0.5) is 0 Å². The van der Waals surface area contributed by atoms with Gasteiger partial charge in [0.2, 0.25) is 0 Å². The number of ether oxygens (including phenoxy) is 1. The molecule has 1 aliphatic carbocycles. The second-order valence-electron chi connectivity index (χ2n) is 6.35. The van der Waals surface area contributed by atoms with Crippen LogP contribution in [0.15, 0.2) is 0 Å². The minimum Gasteiger partial charge on any atom is -0.389 e. The maximum Gasteiger partial charge on any atom is 0.0774 e. The van der Waals surface area contributed by atoms with E-state index in [2.05, 4.69) is 10.2 Å². The third-order valence-corrected chi connectivity index (χ3v) is 4.68. The van der Waals surface area contributed by atoms with Crippen LogP contribution in [-0.4, -0.2) is 62.0 Å². The molecular formula is C15H30N2O2. The van der Waals surface area contributed by atoms with Gasteiger partial charge in [0.25, 0.3) is 0 Å². The van der Waals surface area contributed by atoms with Crippen LogP contribution in [0.5, 0.6) is 0 Å². The fourth-order valence-electron chi connectivity index (χ4n) is 3.44. The molecule has 1 saturated carbocycles. The van der Waals surface area contributed by atoms with Crippen LogP contribution in [0.2, 0.25) is 0 Å². The molecule has 0 aromatic carbocycles. The van der Waals surface area contributed by atoms with Crippen LogP contribution >= 0.6 is 0 Å². The van der Waals surface area contributed by atoms with Crippen molar-refractivity contribution in [3.05, 3.63) is 0 Å². The molecule has 0 spiro atoms. The highest BCUT2D eigenvalue weighted by molar-refractivity contribution is 4.88. The molecule has 2 aliphatic rings. The van der Waals surface area contributed by atoms with Gasteiger partial charge < -0.3 is 20.1 Å². The summed E-state index contributed by atoms with van der Waals surface area (Å²) in [7, 11) is 1.74. The van der Waals surface area contributed by atoms with Gasteiger partial charge in [-0.2, -0.15) is 0 Å². The molecule has 1 saturated heterocycles. The van der Waals surface area contributed by atoms with Crippen LogP contribution in [-0.2, 0) is 4.74 Å². The Hall–Kier alpha value is -0.160. The van der Waals surface area contributed by atoms with Crippen molar-refractivity contribution in [3.63, 3.8) is 0 Å². The summed E-state index contributed by atoms with van der Waals surface area (Å²) in [4.78, 5) is 2.47. The Bertz CT molecular complexity index is 247. The molecule has 0 aromatic rings. The predicted octanol–water partition coefficient (Wildman–Crippen LogP) is 1.24. The number of likely N-dealkylation sites (tertiary alicyclic amines) is 1. The molecule has 0 atom stereocenters. The lowest BCUT2D eigenvalue weighted by Crippen LogP contribution is -2.45. The molecule has 0 radical (unpaired) electrons. The fraction of sp³-hybridized carbons (Fsp3) is 1.00. The van der Waals surface area contributed by atoms with E-state index >= 15 is 0 Å². The summed E-state index contributed by atoms with van der Waals surface area (Å²) >= 11 is 0. The Morgan fingerprint density at radius 2 is 1.95 bits per heavy atom. The summed E-state index contributed by atoms with van der Waals surface area (Å²) in [5, 5.41) is 13.9. The number of piperidine rings is 1. The topological polar surface area (TPSA) is 44.7 Å². The van der Waals surface area contributed by atoms with Gasteiger partial charge in [-0.15, -0.1) is 0 Å². The number of rotatable bonds is 7. The van der Waals surface area contributed by atoms with Gasteiger partial charge in [-0.25, -0.2) is 0 Å². The van der Waals surface area contributed by atoms with E-state index in [1.54, 1.807) is 7.11 Å². The SMILES string of the molecule is COCCNCC1CCN(CC2(O)CCCC2)CC1. The van der Waals surface area contributed by atoms with Gasteiger partial charge in [-0.1, -0.05) is 12.8 Å². The summed E-state index contributed by atoms with van der Waals surface area (Å²) in [5.41, 5.74) is -0.371. The van der Waals surface area contributed by atoms with Gasteiger partial charge in [-0.3, -0.25) is 0 Å². The second-order valence-corrected chi connectivity index (χ2v) is 6.35. The number of hydrogen-bond donors (Lipinski definition) is 2. The monoisotopic (exact) mass is 270 g/mol. The molecular weight excluding hydrogens is 240 g/mol. The van der Waals surface area contributed by atoms with Crippen molar-refractivity contribution >= 4 is 0 Å². The van der Waals surface area contributed by atoms with Crippen molar-refractivity contribution in [2.75, 3.05) is 46.4 Å². The van der Waals surface area contributed by atoms with Crippen molar-refractivity contribution in [2.24, 2.45) is 5.92 Å². The van der Waals surface area contributed by atoms with Crippen molar-refractivity contribution < 1.29 is 9.84 Å². The highest BCUT2D eigenvalue weighted by atomic mass is 16.5. The average molecular weight is 270 g/mol. The van der Waals surface area contributed by atoms with Crippen LogP contribution < -0.4 is 5.32 Å². The Kier molecular flexibility index (Phi) is 6.07. The van der Waals surface area contributed by atoms with Crippen LogP contribution in [0.25, 0.3) is 0 Å². The van der Waals surface area contributed by atoms with Crippen LogP contribution in [0.3, 0.4) is 0 Å². The number of nitrogens with zero attached hydrogens (tertiary/aromatic N) is 1. The molecule has 19 heavy (non-hydrogen) atoms. The average Bonchev–Trinajstić information content (AvgIpc) is 2.83. The third kappa shape index (κ3) is 5.03.